The van der Waals surface area contributed by atoms with Gasteiger partial charge in [-0.2, -0.15) is 0 Å². The molecule has 2 rings (SSSR count). The number of imidazole rings is 1. The van der Waals surface area contributed by atoms with Gasteiger partial charge in [0.05, 0.1) is 6.10 Å². The largest absolute Gasteiger partial charge is 0.368 e. The molecule has 0 aromatic carbocycles. The Morgan fingerprint density at radius 2 is 2.37 bits per heavy atom. The van der Waals surface area contributed by atoms with Crippen molar-refractivity contribution in [3.05, 3.63) is 18.2 Å². The Bertz CT molecular complexity index is 399. The van der Waals surface area contributed by atoms with E-state index >= 15 is 0 Å². The number of rotatable bonds is 6. The van der Waals surface area contributed by atoms with Crippen molar-refractivity contribution in [2.24, 2.45) is 7.05 Å². The van der Waals surface area contributed by atoms with E-state index in [1.54, 1.807) is 6.20 Å². The Labute approximate surface area is 113 Å². The molecule has 1 aliphatic heterocycles. The Hall–Kier alpha value is -1.40. The van der Waals surface area contributed by atoms with Gasteiger partial charge in [0.1, 0.15) is 12.4 Å². The van der Waals surface area contributed by atoms with Gasteiger partial charge in [-0.25, -0.2) is 4.98 Å². The fourth-order valence-electron chi connectivity index (χ4n) is 2.16. The third-order valence-electron chi connectivity index (χ3n) is 3.33. The molecule has 0 radical (unpaired) electrons. The fourth-order valence-corrected chi connectivity index (χ4v) is 2.16. The van der Waals surface area contributed by atoms with Gasteiger partial charge < -0.3 is 19.9 Å². The van der Waals surface area contributed by atoms with Crippen LogP contribution >= 0.6 is 0 Å². The summed E-state index contributed by atoms with van der Waals surface area (Å²) in [5.41, 5.74) is 0. The first kappa shape index (κ1) is 14.0. The molecule has 0 atom stereocenters. The predicted molar refractivity (Wildman–Crippen MR) is 71.8 cm³/mol. The van der Waals surface area contributed by atoms with Gasteiger partial charge in [-0.05, 0) is 25.9 Å². The Morgan fingerprint density at radius 1 is 1.58 bits per heavy atom. The Balaban J connectivity index is 1.58. The molecular formula is C13H22N4O2. The number of aryl methyl sites for hydroxylation is 1. The minimum atomic E-state index is -0.0484. The Kier molecular flexibility index (Phi) is 5.35. The standard InChI is InChI=1S/C13H22N4O2/c1-17-9-8-15-12(17)4-7-16-13(18)10-19-11-2-5-14-6-3-11/h8-9,11,14H,2-7,10H2,1H3,(H,16,18). The predicted octanol–water partition coefficient (Wildman–Crippen LogP) is -0.153. The third kappa shape index (κ3) is 4.65. The van der Waals surface area contributed by atoms with Crippen LogP contribution in [0.1, 0.15) is 18.7 Å². The van der Waals surface area contributed by atoms with Gasteiger partial charge >= 0.3 is 0 Å². The van der Waals surface area contributed by atoms with Crippen molar-refractivity contribution >= 4 is 5.91 Å². The zero-order valence-electron chi connectivity index (χ0n) is 11.4. The van der Waals surface area contributed by atoms with Gasteiger partial charge in [-0.15, -0.1) is 0 Å². The summed E-state index contributed by atoms with van der Waals surface area (Å²) in [6, 6.07) is 0. The number of nitrogens with zero attached hydrogens (tertiary/aromatic N) is 2. The number of ether oxygens (including phenoxy) is 1. The van der Waals surface area contributed by atoms with Crippen molar-refractivity contribution in [2.45, 2.75) is 25.4 Å². The average molecular weight is 266 g/mol. The summed E-state index contributed by atoms with van der Waals surface area (Å²) in [5, 5.41) is 6.12. The normalized spacial score (nSPS) is 16.5. The second-order valence-electron chi connectivity index (χ2n) is 4.81. The van der Waals surface area contributed by atoms with E-state index in [0.717, 1.165) is 38.2 Å². The quantitative estimate of drug-likeness (QED) is 0.751. The highest BCUT2D eigenvalue weighted by molar-refractivity contribution is 5.77. The van der Waals surface area contributed by atoms with Crippen molar-refractivity contribution in [1.29, 1.82) is 0 Å². The number of piperidine rings is 1. The molecule has 0 spiro atoms. The maximum absolute atomic E-state index is 11.6. The first-order valence-electron chi connectivity index (χ1n) is 6.81. The van der Waals surface area contributed by atoms with Crippen molar-refractivity contribution < 1.29 is 9.53 Å². The topological polar surface area (TPSA) is 68.2 Å². The summed E-state index contributed by atoms with van der Waals surface area (Å²) in [6.45, 7) is 2.71. The van der Waals surface area contributed by atoms with Gasteiger partial charge in [-0.1, -0.05) is 0 Å². The van der Waals surface area contributed by atoms with E-state index in [0.29, 0.717) is 6.54 Å². The van der Waals surface area contributed by atoms with Crippen LogP contribution in [0.15, 0.2) is 12.4 Å². The number of carbonyl (C=O) groups excluding carboxylic acids is 1. The molecule has 2 heterocycles. The van der Waals surface area contributed by atoms with Crippen molar-refractivity contribution in [3.8, 4) is 0 Å². The Morgan fingerprint density at radius 3 is 3.05 bits per heavy atom. The molecule has 1 amide bonds. The third-order valence-corrected chi connectivity index (χ3v) is 3.33. The summed E-state index contributed by atoms with van der Waals surface area (Å²) >= 11 is 0. The summed E-state index contributed by atoms with van der Waals surface area (Å²) in [6.07, 6.45) is 6.60. The van der Waals surface area contributed by atoms with E-state index in [4.69, 9.17) is 4.74 Å². The highest BCUT2D eigenvalue weighted by Gasteiger charge is 2.14. The second kappa shape index (κ2) is 7.25. The molecule has 1 saturated heterocycles. The SMILES string of the molecule is Cn1ccnc1CCNC(=O)COC1CCNCC1. The number of carbonyl (C=O) groups is 1. The molecule has 1 fully saturated rings. The minimum absolute atomic E-state index is 0.0484. The van der Waals surface area contributed by atoms with Crippen molar-refractivity contribution in [3.63, 3.8) is 0 Å². The van der Waals surface area contributed by atoms with Crippen LogP contribution in [0.25, 0.3) is 0 Å². The van der Waals surface area contributed by atoms with E-state index < -0.39 is 0 Å². The number of hydrogen-bond donors (Lipinski definition) is 2. The molecule has 1 aromatic rings. The first-order chi connectivity index (χ1) is 9.25. The average Bonchev–Trinajstić information content (AvgIpc) is 2.83. The molecule has 2 N–H and O–H groups in total. The molecule has 0 bridgehead atoms. The molecule has 6 heteroatoms. The molecule has 1 aromatic heterocycles. The smallest absolute Gasteiger partial charge is 0.246 e. The molecule has 0 aliphatic carbocycles. The monoisotopic (exact) mass is 266 g/mol. The van der Waals surface area contributed by atoms with Gasteiger partial charge in [-0.3, -0.25) is 4.79 Å². The fraction of sp³-hybridized carbons (Fsp3) is 0.692. The number of amides is 1. The maximum Gasteiger partial charge on any atom is 0.246 e. The number of nitrogens with one attached hydrogen (secondary N) is 2. The molecule has 0 saturated carbocycles. The lowest BCUT2D eigenvalue weighted by Crippen LogP contribution is -2.36. The van der Waals surface area contributed by atoms with E-state index in [9.17, 15) is 4.79 Å². The van der Waals surface area contributed by atoms with Crippen LogP contribution in [0.3, 0.4) is 0 Å². The van der Waals surface area contributed by atoms with Crippen molar-refractivity contribution in [1.82, 2.24) is 20.2 Å². The lowest BCUT2D eigenvalue weighted by molar-refractivity contribution is -0.128. The van der Waals surface area contributed by atoms with Crippen LogP contribution in [-0.2, 0) is 23.0 Å². The van der Waals surface area contributed by atoms with E-state index in [1.807, 2.05) is 17.8 Å². The van der Waals surface area contributed by atoms with Crippen LogP contribution in [0.4, 0.5) is 0 Å². The molecular weight excluding hydrogens is 244 g/mol. The maximum atomic E-state index is 11.6. The van der Waals surface area contributed by atoms with E-state index in [1.165, 1.54) is 0 Å². The molecule has 6 nitrogen and oxygen atoms in total. The zero-order chi connectivity index (χ0) is 13.5. The van der Waals surface area contributed by atoms with Crippen molar-refractivity contribution in [2.75, 3.05) is 26.2 Å². The van der Waals surface area contributed by atoms with Gasteiger partial charge in [0.15, 0.2) is 0 Å². The lowest BCUT2D eigenvalue weighted by Gasteiger charge is -2.22. The molecule has 19 heavy (non-hydrogen) atoms. The highest BCUT2D eigenvalue weighted by Crippen LogP contribution is 2.06. The van der Waals surface area contributed by atoms with Crippen LogP contribution < -0.4 is 10.6 Å². The first-order valence-corrected chi connectivity index (χ1v) is 6.81. The lowest BCUT2D eigenvalue weighted by atomic mass is 10.1. The zero-order valence-corrected chi connectivity index (χ0v) is 11.4. The summed E-state index contributed by atoms with van der Waals surface area (Å²) < 4.78 is 7.54. The molecule has 1 aliphatic rings. The van der Waals surface area contributed by atoms with Crippen LogP contribution in [0.5, 0.6) is 0 Å². The van der Waals surface area contributed by atoms with Crippen LogP contribution in [-0.4, -0.2) is 47.8 Å². The highest BCUT2D eigenvalue weighted by atomic mass is 16.5. The van der Waals surface area contributed by atoms with Gasteiger partial charge in [0.25, 0.3) is 0 Å². The van der Waals surface area contributed by atoms with Crippen LogP contribution in [0.2, 0.25) is 0 Å². The van der Waals surface area contributed by atoms with Gasteiger partial charge in [0.2, 0.25) is 5.91 Å². The molecule has 106 valence electrons. The minimum Gasteiger partial charge on any atom is -0.368 e. The van der Waals surface area contributed by atoms with Crippen LogP contribution in [0, 0.1) is 0 Å². The van der Waals surface area contributed by atoms with Gasteiger partial charge in [0, 0.05) is 32.4 Å². The number of hydrogen-bond acceptors (Lipinski definition) is 4. The summed E-state index contributed by atoms with van der Waals surface area (Å²) in [4.78, 5) is 15.8. The van der Waals surface area contributed by atoms with E-state index in [-0.39, 0.29) is 18.6 Å². The summed E-state index contributed by atoms with van der Waals surface area (Å²) in [7, 11) is 1.95. The summed E-state index contributed by atoms with van der Waals surface area (Å²) in [5.74, 6) is 0.923. The molecule has 0 unspecified atom stereocenters. The van der Waals surface area contributed by atoms with E-state index in [2.05, 4.69) is 15.6 Å². The second-order valence-corrected chi connectivity index (χ2v) is 4.81. The number of aromatic nitrogens is 2.